The maximum atomic E-state index is 14.2. The van der Waals surface area contributed by atoms with Gasteiger partial charge >= 0.3 is 0 Å². The van der Waals surface area contributed by atoms with Crippen LogP contribution >= 0.6 is 33.9 Å². The van der Waals surface area contributed by atoms with Crippen molar-refractivity contribution >= 4 is 60.7 Å². The lowest BCUT2D eigenvalue weighted by Gasteiger charge is -2.15. The van der Waals surface area contributed by atoms with Crippen LogP contribution in [-0.4, -0.2) is 40.3 Å². The van der Waals surface area contributed by atoms with Crippen molar-refractivity contribution < 1.29 is 19.1 Å². The molecule has 0 unspecified atom stereocenters. The third kappa shape index (κ3) is 3.27. The van der Waals surface area contributed by atoms with Gasteiger partial charge in [-0.25, -0.2) is 14.4 Å². The molecule has 2 aromatic heterocycles. The second-order valence-electron chi connectivity index (χ2n) is 5.73. The molecule has 1 aliphatic rings. The lowest BCUT2D eigenvalue weighted by molar-refractivity contribution is -0.0777. The van der Waals surface area contributed by atoms with Crippen LogP contribution in [0.4, 0.5) is 15.1 Å². The molecule has 0 saturated carbocycles. The molecular weight excluding hydrogens is 472 g/mol. The Morgan fingerprint density at radius 2 is 2.31 bits per heavy atom. The quantitative estimate of drug-likeness (QED) is 0.556. The molecule has 1 amide bonds. The van der Waals surface area contributed by atoms with Gasteiger partial charge in [0.2, 0.25) is 0 Å². The molecular formula is C17H13FIN3O3S. The van der Waals surface area contributed by atoms with Crippen molar-refractivity contribution in [2.24, 2.45) is 0 Å². The minimum atomic E-state index is -0.716. The summed E-state index contributed by atoms with van der Waals surface area (Å²) in [7, 11) is 0. The first kappa shape index (κ1) is 17.6. The topological polar surface area (TPSA) is 74.7 Å². The van der Waals surface area contributed by atoms with E-state index in [9.17, 15) is 14.3 Å². The Morgan fingerprint density at radius 3 is 3.04 bits per heavy atom. The van der Waals surface area contributed by atoms with Crippen LogP contribution < -0.4 is 5.32 Å². The average Bonchev–Trinajstić information content (AvgIpc) is 3.20. The van der Waals surface area contributed by atoms with Gasteiger partial charge in [-0.2, -0.15) is 0 Å². The molecule has 1 atom stereocenters. The van der Waals surface area contributed by atoms with Gasteiger partial charge in [-0.3, -0.25) is 9.63 Å². The number of hydrogen-bond donors (Lipinski definition) is 2. The van der Waals surface area contributed by atoms with Crippen molar-refractivity contribution in [1.29, 1.82) is 0 Å². The van der Waals surface area contributed by atoms with E-state index in [1.54, 1.807) is 30.5 Å². The average molecular weight is 485 g/mol. The molecule has 6 nitrogen and oxygen atoms in total. The predicted molar refractivity (Wildman–Crippen MR) is 105 cm³/mol. The van der Waals surface area contributed by atoms with Gasteiger partial charge < -0.3 is 10.4 Å². The number of fused-ring (bicyclic) bond motifs is 1. The molecule has 1 saturated heterocycles. The van der Waals surface area contributed by atoms with Crippen LogP contribution in [0.3, 0.4) is 0 Å². The summed E-state index contributed by atoms with van der Waals surface area (Å²) in [5, 5.41) is 14.9. The molecule has 0 aliphatic carbocycles. The zero-order valence-electron chi connectivity index (χ0n) is 13.3. The van der Waals surface area contributed by atoms with E-state index < -0.39 is 17.8 Å². The number of thiophene rings is 1. The Bertz CT molecular complexity index is 997. The van der Waals surface area contributed by atoms with Crippen LogP contribution in [0, 0.1) is 9.39 Å². The summed E-state index contributed by atoms with van der Waals surface area (Å²) < 4.78 is 15.0. The van der Waals surface area contributed by atoms with Gasteiger partial charge in [0.05, 0.1) is 17.8 Å². The summed E-state index contributed by atoms with van der Waals surface area (Å²) in [5.74, 6) is -0.803. The Balaban J connectivity index is 1.77. The molecule has 26 heavy (non-hydrogen) atoms. The highest BCUT2D eigenvalue weighted by molar-refractivity contribution is 14.1. The SMILES string of the molecule is O=C(c1c(Nc2ccc(I)cc2F)sc2ncccc12)N1C[C@H](O)CO1. The summed E-state index contributed by atoms with van der Waals surface area (Å²) in [5.41, 5.74) is 0.624. The monoisotopic (exact) mass is 485 g/mol. The lowest BCUT2D eigenvalue weighted by Crippen LogP contribution is -2.28. The van der Waals surface area contributed by atoms with Crippen molar-refractivity contribution in [3.63, 3.8) is 0 Å². The maximum Gasteiger partial charge on any atom is 0.281 e. The molecule has 1 aromatic carbocycles. The van der Waals surface area contributed by atoms with Crippen LogP contribution in [-0.2, 0) is 4.84 Å². The van der Waals surface area contributed by atoms with E-state index >= 15 is 0 Å². The van der Waals surface area contributed by atoms with Gasteiger partial charge in [-0.15, -0.1) is 0 Å². The number of aliphatic hydroxyl groups excluding tert-OH is 1. The summed E-state index contributed by atoms with van der Waals surface area (Å²) >= 11 is 3.30. The summed E-state index contributed by atoms with van der Waals surface area (Å²) in [4.78, 5) is 23.2. The van der Waals surface area contributed by atoms with E-state index in [1.807, 2.05) is 22.6 Å². The van der Waals surface area contributed by atoms with Crippen molar-refractivity contribution in [3.05, 3.63) is 51.5 Å². The Kier molecular flexibility index (Phi) is 4.78. The number of aromatic nitrogens is 1. The van der Waals surface area contributed by atoms with Gasteiger partial charge in [0, 0.05) is 15.2 Å². The number of β-amino-alcohol motifs (C(OH)–C–C–N with tert-alkyl or cyclic N) is 1. The number of carbonyl (C=O) groups is 1. The molecule has 0 spiro atoms. The predicted octanol–water partition coefficient (Wildman–Crippen LogP) is 3.53. The fourth-order valence-corrected chi connectivity index (χ4v) is 4.19. The highest BCUT2D eigenvalue weighted by atomic mass is 127. The van der Waals surface area contributed by atoms with Crippen molar-refractivity contribution in [2.75, 3.05) is 18.5 Å². The first-order valence-electron chi connectivity index (χ1n) is 7.75. The summed E-state index contributed by atoms with van der Waals surface area (Å²) in [6.07, 6.45) is 0.922. The second kappa shape index (κ2) is 7.06. The van der Waals surface area contributed by atoms with Crippen LogP contribution in [0.5, 0.6) is 0 Å². The third-order valence-corrected chi connectivity index (χ3v) is 5.59. The number of rotatable bonds is 3. The number of anilines is 2. The molecule has 9 heteroatoms. The standard InChI is InChI=1S/C17H13FIN3O3S/c18-12-6-9(19)3-4-13(12)21-16-14(11-2-1-5-20-15(11)26-16)17(24)22-7-10(23)8-25-22/h1-6,10,21,23H,7-8H2/t10-/m0/s1. The Labute approximate surface area is 165 Å². The molecule has 0 bridgehead atoms. The largest absolute Gasteiger partial charge is 0.389 e. The van der Waals surface area contributed by atoms with Crippen LogP contribution in [0.1, 0.15) is 10.4 Å². The number of halogens is 2. The molecule has 0 radical (unpaired) electrons. The number of hydrogen-bond acceptors (Lipinski definition) is 6. The molecule has 3 aromatic rings. The van der Waals surface area contributed by atoms with E-state index in [2.05, 4.69) is 10.3 Å². The minimum absolute atomic E-state index is 0.0700. The molecule has 1 aliphatic heterocycles. The Hall–Kier alpha value is -1.82. The van der Waals surface area contributed by atoms with E-state index in [1.165, 1.54) is 17.4 Å². The van der Waals surface area contributed by atoms with Gasteiger partial charge in [0.15, 0.2) is 0 Å². The number of carbonyl (C=O) groups excluding carboxylic acids is 1. The lowest BCUT2D eigenvalue weighted by atomic mass is 10.2. The third-order valence-electron chi connectivity index (χ3n) is 3.89. The first-order valence-corrected chi connectivity index (χ1v) is 9.65. The zero-order valence-corrected chi connectivity index (χ0v) is 16.3. The molecule has 134 valence electrons. The minimum Gasteiger partial charge on any atom is -0.389 e. The fraction of sp³-hybridized carbons (Fsp3) is 0.176. The van der Waals surface area contributed by atoms with Gasteiger partial charge in [0.25, 0.3) is 5.91 Å². The van der Waals surface area contributed by atoms with E-state index in [0.717, 1.165) is 8.63 Å². The van der Waals surface area contributed by atoms with Crippen molar-refractivity contribution in [2.45, 2.75) is 6.10 Å². The van der Waals surface area contributed by atoms with Gasteiger partial charge in [-0.1, -0.05) is 11.3 Å². The number of benzene rings is 1. The van der Waals surface area contributed by atoms with Crippen LogP contribution in [0.2, 0.25) is 0 Å². The first-order chi connectivity index (χ1) is 12.5. The second-order valence-corrected chi connectivity index (χ2v) is 7.97. The number of aliphatic hydroxyl groups is 1. The normalized spacial score (nSPS) is 17.0. The Morgan fingerprint density at radius 1 is 1.46 bits per heavy atom. The molecule has 3 heterocycles. The van der Waals surface area contributed by atoms with E-state index in [-0.39, 0.29) is 18.8 Å². The van der Waals surface area contributed by atoms with Gasteiger partial charge in [0.1, 0.15) is 28.4 Å². The van der Waals surface area contributed by atoms with E-state index in [0.29, 0.717) is 20.8 Å². The van der Waals surface area contributed by atoms with Crippen LogP contribution in [0.15, 0.2) is 36.5 Å². The number of hydroxylamine groups is 2. The van der Waals surface area contributed by atoms with Crippen molar-refractivity contribution in [3.8, 4) is 0 Å². The molecule has 4 rings (SSSR count). The number of nitrogens with zero attached hydrogens (tertiary/aromatic N) is 2. The van der Waals surface area contributed by atoms with Gasteiger partial charge in [-0.05, 0) is 52.9 Å². The highest BCUT2D eigenvalue weighted by Crippen LogP contribution is 2.38. The number of amides is 1. The van der Waals surface area contributed by atoms with Crippen molar-refractivity contribution in [1.82, 2.24) is 10.0 Å². The number of nitrogens with one attached hydrogen (secondary N) is 1. The smallest absolute Gasteiger partial charge is 0.281 e. The summed E-state index contributed by atoms with van der Waals surface area (Å²) in [6.45, 7) is 0.161. The maximum absolute atomic E-state index is 14.2. The zero-order chi connectivity index (χ0) is 18.3. The summed E-state index contributed by atoms with van der Waals surface area (Å²) in [6, 6.07) is 8.34. The molecule has 2 N–H and O–H groups in total. The van der Waals surface area contributed by atoms with Crippen LogP contribution in [0.25, 0.3) is 10.2 Å². The molecule has 1 fully saturated rings. The fourth-order valence-electron chi connectivity index (χ4n) is 2.69. The highest BCUT2D eigenvalue weighted by Gasteiger charge is 2.31. The van der Waals surface area contributed by atoms with E-state index in [4.69, 9.17) is 4.84 Å². The number of pyridine rings is 1.